The fourth-order valence-electron chi connectivity index (χ4n) is 2.23. The van der Waals surface area contributed by atoms with E-state index < -0.39 is 0 Å². The third-order valence-corrected chi connectivity index (χ3v) is 3.45. The van der Waals surface area contributed by atoms with E-state index in [4.69, 9.17) is 4.74 Å². The molecule has 2 unspecified atom stereocenters. The number of rotatable bonds is 9. The van der Waals surface area contributed by atoms with Gasteiger partial charge < -0.3 is 10.1 Å². The van der Waals surface area contributed by atoms with Crippen molar-refractivity contribution in [1.82, 2.24) is 5.32 Å². The maximum Gasteiger partial charge on any atom is 0.131 e. The molecule has 0 bridgehead atoms. The van der Waals surface area contributed by atoms with Gasteiger partial charge in [-0.2, -0.15) is 0 Å². The van der Waals surface area contributed by atoms with Gasteiger partial charge in [-0.05, 0) is 38.3 Å². The van der Waals surface area contributed by atoms with Crippen molar-refractivity contribution in [3.05, 3.63) is 29.6 Å². The second kappa shape index (κ2) is 8.96. The number of nitrogens with one attached hydrogen (secondary N) is 1. The smallest absolute Gasteiger partial charge is 0.131 e. The van der Waals surface area contributed by atoms with Gasteiger partial charge in [0.25, 0.3) is 0 Å². The van der Waals surface area contributed by atoms with E-state index in [1.165, 1.54) is 6.07 Å². The molecule has 1 aromatic carbocycles. The van der Waals surface area contributed by atoms with Gasteiger partial charge in [-0.1, -0.05) is 33.3 Å². The number of hydrogen-bond donors (Lipinski definition) is 1. The predicted molar refractivity (Wildman–Crippen MR) is 82.7 cm³/mol. The van der Waals surface area contributed by atoms with Crippen molar-refractivity contribution < 1.29 is 9.13 Å². The number of ether oxygens (including phenoxy) is 1. The molecule has 0 heterocycles. The Labute approximate surface area is 122 Å². The lowest BCUT2D eigenvalue weighted by Gasteiger charge is -2.16. The van der Waals surface area contributed by atoms with E-state index in [1.54, 1.807) is 0 Å². The summed E-state index contributed by atoms with van der Waals surface area (Å²) in [6.07, 6.45) is 3.33. The highest BCUT2D eigenvalue weighted by Crippen LogP contribution is 2.22. The zero-order valence-electron chi connectivity index (χ0n) is 13.2. The van der Waals surface area contributed by atoms with E-state index in [9.17, 15) is 4.39 Å². The quantitative estimate of drug-likeness (QED) is 0.708. The minimum absolute atomic E-state index is 0.0306. The molecule has 0 amide bonds. The van der Waals surface area contributed by atoms with Gasteiger partial charge in [-0.15, -0.1) is 0 Å². The molecule has 1 N–H and O–H groups in total. The van der Waals surface area contributed by atoms with Gasteiger partial charge in [-0.25, -0.2) is 4.39 Å². The summed E-state index contributed by atoms with van der Waals surface area (Å²) in [4.78, 5) is 0. The van der Waals surface area contributed by atoms with Crippen LogP contribution in [0.3, 0.4) is 0 Å². The summed E-state index contributed by atoms with van der Waals surface area (Å²) in [6, 6.07) is 5.21. The van der Waals surface area contributed by atoms with Crippen molar-refractivity contribution in [3.8, 4) is 5.75 Å². The summed E-state index contributed by atoms with van der Waals surface area (Å²) in [5, 5.41) is 3.30. The van der Waals surface area contributed by atoms with Crippen LogP contribution in [-0.4, -0.2) is 13.2 Å². The van der Waals surface area contributed by atoms with E-state index in [-0.39, 0.29) is 11.9 Å². The Morgan fingerprint density at radius 1 is 1.20 bits per heavy atom. The average molecular weight is 281 g/mol. The summed E-state index contributed by atoms with van der Waals surface area (Å²) >= 11 is 0. The largest absolute Gasteiger partial charge is 0.493 e. The zero-order chi connectivity index (χ0) is 15.0. The van der Waals surface area contributed by atoms with Crippen LogP contribution in [0.1, 0.15) is 58.6 Å². The Bertz CT molecular complexity index is 395. The van der Waals surface area contributed by atoms with Crippen LogP contribution < -0.4 is 10.1 Å². The zero-order valence-corrected chi connectivity index (χ0v) is 13.2. The van der Waals surface area contributed by atoms with Gasteiger partial charge in [-0.3, -0.25) is 0 Å². The first kappa shape index (κ1) is 17.0. The Hall–Kier alpha value is -1.09. The molecule has 3 heteroatoms. The van der Waals surface area contributed by atoms with Crippen LogP contribution in [-0.2, 0) is 0 Å². The Morgan fingerprint density at radius 3 is 2.55 bits per heavy atom. The lowest BCUT2D eigenvalue weighted by molar-refractivity contribution is 0.250. The molecule has 2 atom stereocenters. The molecule has 20 heavy (non-hydrogen) atoms. The maximum absolute atomic E-state index is 14.1. The second-order valence-corrected chi connectivity index (χ2v) is 5.56. The predicted octanol–water partition coefficient (Wildman–Crippen LogP) is 4.70. The molecule has 1 aromatic rings. The van der Waals surface area contributed by atoms with Crippen molar-refractivity contribution in [2.45, 2.75) is 53.0 Å². The van der Waals surface area contributed by atoms with E-state index >= 15 is 0 Å². The van der Waals surface area contributed by atoms with Gasteiger partial charge in [0, 0.05) is 17.7 Å². The molecule has 2 nitrogen and oxygen atoms in total. The topological polar surface area (TPSA) is 21.3 Å². The van der Waals surface area contributed by atoms with Gasteiger partial charge in [0.2, 0.25) is 0 Å². The third-order valence-electron chi connectivity index (χ3n) is 3.45. The summed E-state index contributed by atoms with van der Waals surface area (Å²) in [5.41, 5.74) is 0.701. The van der Waals surface area contributed by atoms with Crippen LogP contribution in [0.15, 0.2) is 18.2 Å². The summed E-state index contributed by atoms with van der Waals surface area (Å²) in [5.74, 6) is 0.937. The van der Waals surface area contributed by atoms with E-state index in [1.807, 2.05) is 19.1 Å². The van der Waals surface area contributed by atoms with Gasteiger partial charge in [0.1, 0.15) is 11.6 Å². The van der Waals surface area contributed by atoms with Crippen LogP contribution in [0, 0.1) is 11.7 Å². The molecular formula is C17H28FNO. The molecule has 0 radical (unpaired) electrons. The fourth-order valence-corrected chi connectivity index (χ4v) is 2.23. The number of benzene rings is 1. The molecule has 0 fully saturated rings. The van der Waals surface area contributed by atoms with E-state index in [2.05, 4.69) is 26.1 Å². The highest BCUT2D eigenvalue weighted by molar-refractivity contribution is 5.30. The van der Waals surface area contributed by atoms with Crippen LogP contribution in [0.2, 0.25) is 0 Å². The Kier molecular flexibility index (Phi) is 7.60. The lowest BCUT2D eigenvalue weighted by Crippen LogP contribution is -2.20. The van der Waals surface area contributed by atoms with Crippen molar-refractivity contribution in [3.63, 3.8) is 0 Å². The summed E-state index contributed by atoms with van der Waals surface area (Å²) < 4.78 is 19.7. The van der Waals surface area contributed by atoms with Crippen LogP contribution in [0.5, 0.6) is 5.75 Å². The van der Waals surface area contributed by atoms with Gasteiger partial charge in [0.05, 0.1) is 6.61 Å². The van der Waals surface area contributed by atoms with Crippen molar-refractivity contribution >= 4 is 0 Å². The van der Waals surface area contributed by atoms with Crippen LogP contribution in [0.4, 0.5) is 4.39 Å². The first-order chi connectivity index (χ1) is 9.58. The average Bonchev–Trinajstić information content (AvgIpc) is 2.43. The lowest BCUT2D eigenvalue weighted by atomic mass is 10.1. The highest BCUT2D eigenvalue weighted by atomic mass is 19.1. The van der Waals surface area contributed by atoms with Crippen molar-refractivity contribution in [2.24, 2.45) is 5.92 Å². The van der Waals surface area contributed by atoms with Crippen LogP contribution in [0.25, 0.3) is 0 Å². The van der Waals surface area contributed by atoms with E-state index in [0.717, 1.165) is 25.8 Å². The minimum atomic E-state index is -0.193. The fraction of sp³-hybridized carbons (Fsp3) is 0.647. The molecule has 0 aromatic heterocycles. The molecule has 0 saturated carbocycles. The van der Waals surface area contributed by atoms with Gasteiger partial charge >= 0.3 is 0 Å². The minimum Gasteiger partial charge on any atom is -0.493 e. The Morgan fingerprint density at radius 2 is 1.95 bits per heavy atom. The highest BCUT2D eigenvalue weighted by Gasteiger charge is 2.11. The molecule has 0 aliphatic heterocycles. The first-order valence-corrected chi connectivity index (χ1v) is 7.74. The second-order valence-electron chi connectivity index (χ2n) is 5.56. The molecule has 0 spiro atoms. The molecular weight excluding hydrogens is 253 g/mol. The van der Waals surface area contributed by atoms with Crippen LogP contribution >= 0.6 is 0 Å². The molecule has 114 valence electrons. The molecule has 0 saturated heterocycles. The maximum atomic E-state index is 14.1. The van der Waals surface area contributed by atoms with Gasteiger partial charge in [0.15, 0.2) is 0 Å². The monoisotopic (exact) mass is 281 g/mol. The SMILES string of the molecule is CCCNC(C)c1ccc(OCC(C)CCC)cc1F. The molecule has 0 aliphatic carbocycles. The normalized spacial score (nSPS) is 14.1. The standard InChI is InChI=1S/C17H28FNO/c1-5-7-13(3)12-20-15-8-9-16(17(18)11-15)14(4)19-10-6-2/h8-9,11,13-14,19H,5-7,10,12H2,1-4H3. The summed E-state index contributed by atoms with van der Waals surface area (Å²) in [6.45, 7) is 9.95. The van der Waals surface area contributed by atoms with E-state index in [0.29, 0.717) is 23.8 Å². The summed E-state index contributed by atoms with van der Waals surface area (Å²) in [7, 11) is 0. The number of hydrogen-bond acceptors (Lipinski definition) is 2. The number of halogens is 1. The Balaban J connectivity index is 2.58. The molecule has 1 rings (SSSR count). The third kappa shape index (κ3) is 5.49. The molecule has 0 aliphatic rings. The van der Waals surface area contributed by atoms with Crippen molar-refractivity contribution in [2.75, 3.05) is 13.2 Å². The van der Waals surface area contributed by atoms with Crippen molar-refractivity contribution in [1.29, 1.82) is 0 Å². The first-order valence-electron chi connectivity index (χ1n) is 7.74.